The minimum Gasteiger partial charge on any atom is -0.478 e. The van der Waals surface area contributed by atoms with E-state index in [0.29, 0.717) is 13.2 Å². The smallest absolute Gasteiger partial charge is 0.339 e. The molecule has 1 aromatic heterocycles. The van der Waals surface area contributed by atoms with Gasteiger partial charge >= 0.3 is 5.97 Å². The summed E-state index contributed by atoms with van der Waals surface area (Å²) in [5.74, 6) is -0.786. The molecule has 0 unspecified atom stereocenters. The van der Waals surface area contributed by atoms with E-state index < -0.39 is 5.97 Å². The SMILES string of the molecule is COCCNc1nc(Cl)ccc1C(=O)O. The lowest BCUT2D eigenvalue weighted by atomic mass is 10.2. The zero-order chi connectivity index (χ0) is 11.3. The molecule has 5 nitrogen and oxygen atoms in total. The van der Waals surface area contributed by atoms with Crippen LogP contribution in [0.15, 0.2) is 12.1 Å². The molecule has 0 atom stereocenters. The summed E-state index contributed by atoms with van der Waals surface area (Å²) in [6.07, 6.45) is 0. The van der Waals surface area contributed by atoms with Crippen LogP contribution in [0.25, 0.3) is 0 Å². The van der Waals surface area contributed by atoms with Crippen molar-refractivity contribution in [2.75, 3.05) is 25.6 Å². The number of carboxylic acid groups (broad SMARTS) is 1. The number of nitrogens with zero attached hydrogens (tertiary/aromatic N) is 1. The number of carbonyl (C=O) groups is 1. The number of hydrogen-bond acceptors (Lipinski definition) is 4. The number of hydrogen-bond donors (Lipinski definition) is 2. The summed E-state index contributed by atoms with van der Waals surface area (Å²) < 4.78 is 4.82. The van der Waals surface area contributed by atoms with Crippen LogP contribution in [0, 0.1) is 0 Å². The topological polar surface area (TPSA) is 71.5 Å². The molecule has 0 spiro atoms. The average molecular weight is 231 g/mol. The first kappa shape index (κ1) is 11.7. The Kier molecular flexibility index (Phi) is 4.33. The van der Waals surface area contributed by atoms with Gasteiger partial charge in [0.2, 0.25) is 0 Å². The number of aromatic nitrogens is 1. The highest BCUT2D eigenvalue weighted by atomic mass is 35.5. The predicted molar refractivity (Wildman–Crippen MR) is 56.6 cm³/mol. The van der Waals surface area contributed by atoms with Gasteiger partial charge in [0.15, 0.2) is 0 Å². The molecule has 0 aliphatic rings. The van der Waals surface area contributed by atoms with Gasteiger partial charge in [-0.1, -0.05) is 11.6 Å². The summed E-state index contributed by atoms with van der Waals surface area (Å²) >= 11 is 5.66. The molecule has 0 radical (unpaired) electrons. The van der Waals surface area contributed by atoms with Crippen molar-refractivity contribution in [3.05, 3.63) is 22.8 Å². The van der Waals surface area contributed by atoms with E-state index in [2.05, 4.69) is 10.3 Å². The predicted octanol–water partition coefficient (Wildman–Crippen LogP) is 1.49. The molecule has 0 aliphatic carbocycles. The number of pyridine rings is 1. The van der Waals surface area contributed by atoms with Gasteiger partial charge in [0, 0.05) is 13.7 Å². The second-order valence-corrected chi connectivity index (χ2v) is 3.14. The highest BCUT2D eigenvalue weighted by Gasteiger charge is 2.11. The molecule has 0 bridgehead atoms. The fourth-order valence-electron chi connectivity index (χ4n) is 1.01. The Morgan fingerprint density at radius 1 is 1.67 bits per heavy atom. The van der Waals surface area contributed by atoms with Crippen LogP contribution in [0.1, 0.15) is 10.4 Å². The third-order valence-corrected chi connectivity index (χ3v) is 1.90. The van der Waals surface area contributed by atoms with Crippen molar-refractivity contribution in [2.45, 2.75) is 0 Å². The molecule has 0 saturated heterocycles. The third kappa shape index (κ3) is 3.38. The Labute approximate surface area is 92.0 Å². The molecule has 1 rings (SSSR count). The maximum Gasteiger partial charge on any atom is 0.339 e. The Morgan fingerprint density at radius 3 is 3.00 bits per heavy atom. The fraction of sp³-hybridized carbons (Fsp3) is 0.333. The number of aromatic carboxylic acids is 1. The number of ether oxygens (including phenoxy) is 1. The van der Waals surface area contributed by atoms with Crippen LogP contribution in [0.2, 0.25) is 5.15 Å². The number of carboxylic acids is 1. The lowest BCUT2D eigenvalue weighted by Crippen LogP contribution is -2.12. The maximum atomic E-state index is 10.8. The van der Waals surface area contributed by atoms with E-state index in [4.69, 9.17) is 21.4 Å². The van der Waals surface area contributed by atoms with Gasteiger partial charge in [-0.25, -0.2) is 9.78 Å². The van der Waals surface area contributed by atoms with Gasteiger partial charge in [0.25, 0.3) is 0 Å². The zero-order valence-electron chi connectivity index (χ0n) is 8.16. The third-order valence-electron chi connectivity index (χ3n) is 1.69. The number of methoxy groups -OCH3 is 1. The quantitative estimate of drug-likeness (QED) is 0.592. The Bertz CT molecular complexity index is 357. The number of rotatable bonds is 5. The van der Waals surface area contributed by atoms with Crippen LogP contribution < -0.4 is 5.32 Å². The first-order valence-corrected chi connectivity index (χ1v) is 4.65. The molecular weight excluding hydrogens is 220 g/mol. The highest BCUT2D eigenvalue weighted by Crippen LogP contribution is 2.16. The van der Waals surface area contributed by atoms with Crippen molar-refractivity contribution in [1.82, 2.24) is 4.98 Å². The minimum absolute atomic E-state index is 0.0931. The molecule has 0 amide bonds. The van der Waals surface area contributed by atoms with E-state index in [-0.39, 0.29) is 16.5 Å². The van der Waals surface area contributed by atoms with Gasteiger partial charge in [-0.2, -0.15) is 0 Å². The van der Waals surface area contributed by atoms with Crippen LogP contribution in [0.4, 0.5) is 5.82 Å². The zero-order valence-corrected chi connectivity index (χ0v) is 8.91. The maximum absolute atomic E-state index is 10.8. The molecule has 1 heterocycles. The second-order valence-electron chi connectivity index (χ2n) is 2.75. The summed E-state index contributed by atoms with van der Waals surface area (Å²) in [6.45, 7) is 0.942. The average Bonchev–Trinajstić information content (AvgIpc) is 2.18. The van der Waals surface area contributed by atoms with Crippen LogP contribution in [0.3, 0.4) is 0 Å². The van der Waals surface area contributed by atoms with Crippen molar-refractivity contribution in [1.29, 1.82) is 0 Å². The second kappa shape index (κ2) is 5.53. The van der Waals surface area contributed by atoms with Crippen molar-refractivity contribution >= 4 is 23.4 Å². The lowest BCUT2D eigenvalue weighted by molar-refractivity contribution is 0.0697. The van der Waals surface area contributed by atoms with Crippen LogP contribution in [-0.2, 0) is 4.74 Å². The lowest BCUT2D eigenvalue weighted by Gasteiger charge is -2.07. The minimum atomic E-state index is -1.04. The van der Waals surface area contributed by atoms with Gasteiger partial charge in [-0.05, 0) is 12.1 Å². The van der Waals surface area contributed by atoms with Gasteiger partial charge in [0.05, 0.1) is 6.61 Å². The molecule has 15 heavy (non-hydrogen) atoms. The van der Waals surface area contributed by atoms with Crippen LogP contribution >= 0.6 is 11.6 Å². The largest absolute Gasteiger partial charge is 0.478 e. The van der Waals surface area contributed by atoms with Gasteiger partial charge < -0.3 is 15.2 Å². The van der Waals surface area contributed by atoms with E-state index in [1.54, 1.807) is 7.11 Å². The molecular formula is C9H11ClN2O3. The Morgan fingerprint density at radius 2 is 2.40 bits per heavy atom. The van der Waals surface area contributed by atoms with Crippen molar-refractivity contribution in [2.24, 2.45) is 0 Å². The molecule has 0 aliphatic heterocycles. The van der Waals surface area contributed by atoms with E-state index in [0.717, 1.165) is 0 Å². The Hall–Kier alpha value is -1.33. The van der Waals surface area contributed by atoms with Gasteiger partial charge in [0.1, 0.15) is 16.5 Å². The first-order chi connectivity index (χ1) is 7.15. The Balaban J connectivity index is 2.82. The molecule has 0 fully saturated rings. The van der Waals surface area contributed by atoms with Crippen molar-refractivity contribution < 1.29 is 14.6 Å². The summed E-state index contributed by atoms with van der Waals surface area (Å²) in [6, 6.07) is 2.85. The normalized spacial score (nSPS) is 10.0. The fourth-order valence-corrected chi connectivity index (χ4v) is 1.16. The van der Waals surface area contributed by atoms with E-state index in [1.807, 2.05) is 0 Å². The first-order valence-electron chi connectivity index (χ1n) is 4.28. The van der Waals surface area contributed by atoms with E-state index >= 15 is 0 Å². The van der Waals surface area contributed by atoms with Crippen LogP contribution in [-0.4, -0.2) is 36.3 Å². The summed E-state index contributed by atoms with van der Waals surface area (Å²) in [5.41, 5.74) is 0.0931. The number of anilines is 1. The molecule has 82 valence electrons. The van der Waals surface area contributed by atoms with E-state index in [1.165, 1.54) is 12.1 Å². The monoisotopic (exact) mass is 230 g/mol. The van der Waals surface area contributed by atoms with Gasteiger partial charge in [-0.3, -0.25) is 0 Å². The number of halogens is 1. The summed E-state index contributed by atoms with van der Waals surface area (Å²) in [5, 5.41) is 11.9. The molecule has 0 saturated carbocycles. The standard InChI is InChI=1S/C9H11ClN2O3/c1-15-5-4-11-8-6(9(13)14)2-3-7(10)12-8/h2-3H,4-5H2,1H3,(H,11,12)(H,13,14). The number of nitrogens with one attached hydrogen (secondary N) is 1. The van der Waals surface area contributed by atoms with E-state index in [9.17, 15) is 4.79 Å². The summed E-state index contributed by atoms with van der Waals surface area (Å²) in [7, 11) is 1.56. The van der Waals surface area contributed by atoms with Crippen molar-refractivity contribution in [3.63, 3.8) is 0 Å². The summed E-state index contributed by atoms with van der Waals surface area (Å²) in [4.78, 5) is 14.7. The van der Waals surface area contributed by atoms with Gasteiger partial charge in [-0.15, -0.1) is 0 Å². The molecule has 2 N–H and O–H groups in total. The van der Waals surface area contributed by atoms with Crippen LogP contribution in [0.5, 0.6) is 0 Å². The molecule has 6 heteroatoms. The van der Waals surface area contributed by atoms with Crippen molar-refractivity contribution in [3.8, 4) is 0 Å². The highest BCUT2D eigenvalue weighted by molar-refractivity contribution is 6.29. The molecule has 1 aromatic rings. The molecule has 0 aromatic carbocycles.